The Bertz CT molecular complexity index is 437. The molecule has 8 aliphatic rings. The molecule has 0 N–H and O–H groups in total. The maximum absolute atomic E-state index is 2.70. The van der Waals surface area contributed by atoms with E-state index in [-0.39, 0.29) is 6.28 Å². The SMILES string of the molecule is C[C@@H]1C2C[C@@H]3C[C@H](C2)C[N+]1([B-]12CC4CC(CC(C4)C1)C2)C3. The van der Waals surface area contributed by atoms with Crippen LogP contribution in [0.4, 0.5) is 0 Å². The highest BCUT2D eigenvalue weighted by Gasteiger charge is 2.64. The first-order valence-electron chi connectivity index (χ1n) is 10.2. The molecule has 116 valence electrons. The first kappa shape index (κ1) is 12.4. The Morgan fingerprint density at radius 1 is 0.667 bits per heavy atom. The molecule has 2 unspecified atom stereocenters. The Kier molecular flexibility index (Phi) is 2.22. The third kappa shape index (κ3) is 1.41. The van der Waals surface area contributed by atoms with Crippen LogP contribution in [0.15, 0.2) is 0 Å². The summed E-state index contributed by atoms with van der Waals surface area (Å²) >= 11 is 0. The summed E-state index contributed by atoms with van der Waals surface area (Å²) in [5.74, 6) is 6.87. The quantitative estimate of drug-likeness (QED) is 0.632. The second kappa shape index (κ2) is 3.74. The lowest BCUT2D eigenvalue weighted by atomic mass is 9.15. The van der Waals surface area contributed by atoms with Gasteiger partial charge in [-0.05, 0) is 26.2 Å². The van der Waals surface area contributed by atoms with Crippen LogP contribution >= 0.6 is 0 Å². The van der Waals surface area contributed by atoms with Crippen molar-refractivity contribution in [2.45, 2.75) is 70.5 Å². The molecule has 0 amide bonds. The van der Waals surface area contributed by atoms with Gasteiger partial charge in [0.25, 0.3) is 0 Å². The van der Waals surface area contributed by atoms with Crippen LogP contribution in [0.1, 0.15) is 45.4 Å². The Balaban J connectivity index is 1.47. The van der Waals surface area contributed by atoms with E-state index in [9.17, 15) is 0 Å². The van der Waals surface area contributed by atoms with E-state index in [1.165, 1.54) is 0 Å². The minimum atomic E-state index is -0.0380. The highest BCUT2D eigenvalue weighted by molar-refractivity contribution is 6.74. The highest BCUT2D eigenvalue weighted by Crippen LogP contribution is 2.63. The van der Waals surface area contributed by atoms with E-state index in [0.717, 1.165) is 41.5 Å². The second-order valence-corrected chi connectivity index (χ2v) is 10.8. The fraction of sp³-hybridized carbons (Fsp3) is 1.00. The molecule has 21 heavy (non-hydrogen) atoms. The standard InChI is InChI=1S/C19H32BN/c1-13-19-6-17-5-18(7-19)12-21(13,11-17)20-8-14-2-15(9-20)4-16(3-14)10-20/h13-19H,2-12H2,1H3/t13-,14?,15?,16?,17-,18+,19?,20?,21?/m1/s1. The topological polar surface area (TPSA) is 0 Å². The molecule has 0 spiro atoms. The molecule has 2 aliphatic carbocycles. The molecule has 6 aliphatic heterocycles. The first-order chi connectivity index (χ1) is 10.2. The Morgan fingerprint density at radius 2 is 1.14 bits per heavy atom. The van der Waals surface area contributed by atoms with Crippen LogP contribution in [0.25, 0.3) is 0 Å². The molecule has 2 saturated carbocycles. The van der Waals surface area contributed by atoms with E-state index >= 15 is 0 Å². The highest BCUT2D eigenvalue weighted by atomic mass is 15.4. The van der Waals surface area contributed by atoms with Gasteiger partial charge < -0.3 is 4.39 Å². The molecular weight excluding hydrogens is 253 g/mol. The third-order valence-electron chi connectivity index (χ3n) is 10.0. The molecular formula is C19H32BN. The molecule has 0 aromatic carbocycles. The van der Waals surface area contributed by atoms with Gasteiger partial charge in [0.15, 0.2) is 0 Å². The summed E-state index contributed by atoms with van der Waals surface area (Å²) in [6, 6.07) is 1.04. The van der Waals surface area contributed by atoms with Crippen LogP contribution in [0.2, 0.25) is 19.0 Å². The van der Waals surface area contributed by atoms with Gasteiger partial charge in [-0.25, -0.2) is 0 Å². The van der Waals surface area contributed by atoms with Crippen molar-refractivity contribution in [1.82, 2.24) is 0 Å². The molecule has 6 heterocycles. The molecule has 8 bridgehead atoms. The molecule has 8 fully saturated rings. The van der Waals surface area contributed by atoms with Gasteiger partial charge in [-0.3, -0.25) is 0 Å². The smallest absolute Gasteiger partial charge is 0.210 e. The number of hydrogen-bond donors (Lipinski definition) is 0. The summed E-state index contributed by atoms with van der Waals surface area (Å²) < 4.78 is 1.70. The maximum Gasteiger partial charge on any atom is 0.210 e. The number of hydrogen-bond acceptors (Lipinski definition) is 0. The molecule has 0 aromatic heterocycles. The Morgan fingerprint density at radius 3 is 1.67 bits per heavy atom. The monoisotopic (exact) mass is 285 g/mol. The third-order valence-corrected chi connectivity index (χ3v) is 10.0. The van der Waals surface area contributed by atoms with Crippen molar-refractivity contribution in [2.75, 3.05) is 13.1 Å². The van der Waals surface area contributed by atoms with Crippen LogP contribution in [0, 0.1) is 35.5 Å². The minimum absolute atomic E-state index is 0.0380. The van der Waals surface area contributed by atoms with E-state index in [1.54, 1.807) is 75.0 Å². The molecule has 0 radical (unpaired) electrons. The average Bonchev–Trinajstić information content (AvgIpc) is 2.42. The summed E-state index contributed by atoms with van der Waals surface area (Å²) in [4.78, 5) is 0. The Hall–Kier alpha value is 0.0249. The first-order valence-corrected chi connectivity index (χ1v) is 10.2. The average molecular weight is 285 g/mol. The zero-order chi connectivity index (χ0) is 13.8. The second-order valence-electron chi connectivity index (χ2n) is 10.8. The van der Waals surface area contributed by atoms with E-state index in [4.69, 9.17) is 0 Å². The van der Waals surface area contributed by atoms with Crippen LogP contribution in [-0.2, 0) is 0 Å². The minimum Gasteiger partial charge on any atom is -0.512 e. The zero-order valence-electron chi connectivity index (χ0n) is 13.8. The molecule has 8 rings (SSSR count). The van der Waals surface area contributed by atoms with E-state index in [0.29, 0.717) is 0 Å². The lowest BCUT2D eigenvalue weighted by molar-refractivity contribution is -0.892. The largest absolute Gasteiger partial charge is 0.512 e. The van der Waals surface area contributed by atoms with E-state index in [1.807, 2.05) is 0 Å². The number of nitrogens with zero attached hydrogens (tertiary/aromatic N) is 1. The number of quaternary nitrogens is 1. The molecule has 0 aromatic rings. The summed E-state index contributed by atoms with van der Waals surface area (Å²) in [5, 5.41) is 0. The molecule has 6 saturated heterocycles. The molecule has 1 nitrogen and oxygen atoms in total. The summed E-state index contributed by atoms with van der Waals surface area (Å²) in [5.41, 5.74) is 0. The number of piperidine rings is 3. The van der Waals surface area contributed by atoms with Crippen molar-refractivity contribution < 1.29 is 4.39 Å². The van der Waals surface area contributed by atoms with Gasteiger partial charge in [-0.15, -0.1) is 19.0 Å². The number of rotatable bonds is 1. The van der Waals surface area contributed by atoms with Gasteiger partial charge in [0.05, 0.1) is 0 Å². The molecule has 5 atom stereocenters. The van der Waals surface area contributed by atoms with Crippen molar-refractivity contribution >= 4 is 6.28 Å². The predicted octanol–water partition coefficient (Wildman–Crippen LogP) is 4.26. The van der Waals surface area contributed by atoms with Crippen molar-refractivity contribution in [1.29, 1.82) is 0 Å². The van der Waals surface area contributed by atoms with Crippen LogP contribution in [-0.4, -0.2) is 29.8 Å². The fourth-order valence-electron chi connectivity index (χ4n) is 10.1. The van der Waals surface area contributed by atoms with Crippen molar-refractivity contribution in [3.8, 4) is 0 Å². The van der Waals surface area contributed by atoms with Gasteiger partial charge in [-0.1, -0.05) is 37.0 Å². The Labute approximate surface area is 130 Å². The van der Waals surface area contributed by atoms with Crippen molar-refractivity contribution in [2.24, 2.45) is 35.5 Å². The van der Waals surface area contributed by atoms with Crippen LogP contribution < -0.4 is 0 Å². The van der Waals surface area contributed by atoms with Crippen LogP contribution in [0.5, 0.6) is 0 Å². The van der Waals surface area contributed by atoms with Gasteiger partial charge in [0.2, 0.25) is 6.28 Å². The van der Waals surface area contributed by atoms with Crippen molar-refractivity contribution in [3.63, 3.8) is 0 Å². The lowest BCUT2D eigenvalue weighted by Crippen LogP contribution is -2.83. The van der Waals surface area contributed by atoms with Gasteiger partial charge >= 0.3 is 0 Å². The normalized spacial score (nSPS) is 67.0. The zero-order valence-corrected chi connectivity index (χ0v) is 13.8. The summed E-state index contributed by atoms with van der Waals surface area (Å²) in [7, 11) is 0. The van der Waals surface area contributed by atoms with Gasteiger partial charge in [0.1, 0.15) is 0 Å². The molecule has 2 heteroatoms. The maximum atomic E-state index is 2.70. The lowest BCUT2D eigenvalue weighted by Gasteiger charge is -2.78. The summed E-state index contributed by atoms with van der Waals surface area (Å²) in [6.07, 6.45) is 14.8. The predicted molar refractivity (Wildman–Crippen MR) is 88.3 cm³/mol. The van der Waals surface area contributed by atoms with E-state index in [2.05, 4.69) is 6.92 Å². The summed E-state index contributed by atoms with van der Waals surface area (Å²) in [6.45, 7) is 5.95. The van der Waals surface area contributed by atoms with Gasteiger partial charge in [-0.2, -0.15) is 0 Å². The van der Waals surface area contributed by atoms with Crippen LogP contribution in [0.3, 0.4) is 0 Å². The fourth-order valence-corrected chi connectivity index (χ4v) is 10.1. The van der Waals surface area contributed by atoms with Crippen molar-refractivity contribution in [3.05, 3.63) is 0 Å². The van der Waals surface area contributed by atoms with E-state index < -0.39 is 0 Å². The van der Waals surface area contributed by atoms with Gasteiger partial charge in [0, 0.05) is 36.9 Å².